The van der Waals surface area contributed by atoms with Crippen LogP contribution in [0.4, 0.5) is 0 Å². The summed E-state index contributed by atoms with van der Waals surface area (Å²) in [5.41, 5.74) is 2.94. The van der Waals surface area contributed by atoms with Crippen LogP contribution in [0.3, 0.4) is 0 Å². The van der Waals surface area contributed by atoms with Gasteiger partial charge in [0, 0.05) is 5.56 Å². The molecule has 0 unspecified atom stereocenters. The SMILES string of the molecule is Cc1ccccc1CS(=O)(=O)CC(=O)c1ccccc1C. The molecule has 3 nitrogen and oxygen atoms in total. The highest BCUT2D eigenvalue weighted by molar-refractivity contribution is 7.91. The topological polar surface area (TPSA) is 51.2 Å². The summed E-state index contributed by atoms with van der Waals surface area (Å²) >= 11 is 0. The molecule has 0 saturated carbocycles. The molecule has 2 aromatic carbocycles. The van der Waals surface area contributed by atoms with Crippen LogP contribution in [-0.2, 0) is 15.6 Å². The van der Waals surface area contributed by atoms with Crippen molar-refractivity contribution in [3.8, 4) is 0 Å². The predicted octanol–water partition coefficient (Wildman–Crippen LogP) is 3.10. The molecule has 0 aliphatic carbocycles. The van der Waals surface area contributed by atoms with Gasteiger partial charge in [0.25, 0.3) is 0 Å². The van der Waals surface area contributed by atoms with E-state index in [1.54, 1.807) is 37.3 Å². The molecule has 2 aromatic rings. The van der Waals surface area contributed by atoms with Gasteiger partial charge >= 0.3 is 0 Å². The van der Waals surface area contributed by atoms with Crippen LogP contribution < -0.4 is 0 Å². The number of hydrogen-bond acceptors (Lipinski definition) is 3. The molecule has 0 saturated heterocycles. The van der Waals surface area contributed by atoms with Crippen molar-refractivity contribution in [2.24, 2.45) is 0 Å². The zero-order valence-electron chi connectivity index (χ0n) is 12.2. The first-order valence-electron chi connectivity index (χ1n) is 6.73. The summed E-state index contributed by atoms with van der Waals surface area (Å²) < 4.78 is 24.5. The van der Waals surface area contributed by atoms with Crippen molar-refractivity contribution < 1.29 is 13.2 Å². The average Bonchev–Trinajstić information content (AvgIpc) is 2.41. The van der Waals surface area contributed by atoms with E-state index in [0.717, 1.165) is 16.7 Å². The molecule has 0 bridgehead atoms. The first kappa shape index (κ1) is 15.4. The molecular weight excluding hydrogens is 284 g/mol. The van der Waals surface area contributed by atoms with Crippen molar-refractivity contribution in [2.45, 2.75) is 19.6 Å². The molecule has 0 aliphatic rings. The minimum atomic E-state index is -3.47. The number of aryl methyl sites for hydroxylation is 2. The number of benzene rings is 2. The van der Waals surface area contributed by atoms with E-state index in [9.17, 15) is 13.2 Å². The van der Waals surface area contributed by atoms with E-state index in [0.29, 0.717) is 5.56 Å². The maximum Gasteiger partial charge on any atom is 0.178 e. The maximum absolute atomic E-state index is 12.2. The van der Waals surface area contributed by atoms with Crippen molar-refractivity contribution in [1.29, 1.82) is 0 Å². The third-order valence-corrected chi connectivity index (χ3v) is 4.89. The lowest BCUT2D eigenvalue weighted by Gasteiger charge is -2.08. The zero-order chi connectivity index (χ0) is 15.5. The van der Waals surface area contributed by atoms with Crippen LogP contribution in [0.25, 0.3) is 0 Å². The van der Waals surface area contributed by atoms with Crippen LogP contribution in [-0.4, -0.2) is 20.0 Å². The zero-order valence-corrected chi connectivity index (χ0v) is 13.0. The molecule has 110 valence electrons. The van der Waals surface area contributed by atoms with E-state index in [1.807, 2.05) is 25.1 Å². The van der Waals surface area contributed by atoms with Gasteiger partial charge in [-0.2, -0.15) is 0 Å². The monoisotopic (exact) mass is 302 g/mol. The fourth-order valence-corrected chi connectivity index (χ4v) is 3.68. The molecule has 0 spiro atoms. The van der Waals surface area contributed by atoms with Gasteiger partial charge in [0.2, 0.25) is 0 Å². The third-order valence-electron chi connectivity index (χ3n) is 3.43. The van der Waals surface area contributed by atoms with Gasteiger partial charge in [-0.15, -0.1) is 0 Å². The molecule has 0 aliphatic heterocycles. The molecule has 21 heavy (non-hydrogen) atoms. The van der Waals surface area contributed by atoms with Gasteiger partial charge in [-0.3, -0.25) is 4.79 Å². The van der Waals surface area contributed by atoms with Gasteiger partial charge in [0.1, 0.15) is 5.75 Å². The van der Waals surface area contributed by atoms with Gasteiger partial charge in [-0.25, -0.2) is 8.42 Å². The van der Waals surface area contributed by atoms with Crippen LogP contribution in [0.2, 0.25) is 0 Å². The summed E-state index contributed by atoms with van der Waals surface area (Å²) in [6, 6.07) is 14.4. The van der Waals surface area contributed by atoms with Crippen LogP contribution >= 0.6 is 0 Å². The fraction of sp³-hybridized carbons (Fsp3) is 0.235. The number of carbonyl (C=O) groups is 1. The van der Waals surface area contributed by atoms with Crippen molar-refractivity contribution in [3.05, 3.63) is 70.8 Å². The number of carbonyl (C=O) groups excluding carboxylic acids is 1. The molecule has 4 heteroatoms. The Bertz CT molecular complexity index is 761. The van der Waals surface area contributed by atoms with Gasteiger partial charge in [-0.05, 0) is 30.5 Å². The fourth-order valence-electron chi connectivity index (χ4n) is 2.22. The van der Waals surface area contributed by atoms with Gasteiger partial charge in [0.05, 0.1) is 5.75 Å². The van der Waals surface area contributed by atoms with E-state index in [2.05, 4.69) is 0 Å². The normalized spacial score (nSPS) is 11.3. The number of hydrogen-bond donors (Lipinski definition) is 0. The molecule has 0 aromatic heterocycles. The minimum Gasteiger partial charge on any atom is -0.293 e. The number of sulfone groups is 1. The van der Waals surface area contributed by atoms with Crippen LogP contribution in [0.1, 0.15) is 27.0 Å². The van der Waals surface area contributed by atoms with Crippen molar-refractivity contribution >= 4 is 15.6 Å². The number of ketones is 1. The molecule has 0 atom stereocenters. The Kier molecular flexibility index (Phi) is 4.58. The van der Waals surface area contributed by atoms with Crippen LogP contribution in [0.5, 0.6) is 0 Å². The Morgan fingerprint density at radius 2 is 1.48 bits per heavy atom. The Hall–Kier alpha value is -1.94. The average molecular weight is 302 g/mol. The molecular formula is C17H18O3S. The molecule has 0 fully saturated rings. The summed E-state index contributed by atoms with van der Waals surface area (Å²) in [4.78, 5) is 12.2. The predicted molar refractivity (Wildman–Crippen MR) is 84.2 cm³/mol. The molecule has 0 radical (unpaired) electrons. The summed E-state index contributed by atoms with van der Waals surface area (Å²) in [5.74, 6) is -0.898. The van der Waals surface area contributed by atoms with E-state index < -0.39 is 15.6 Å². The number of rotatable bonds is 5. The third kappa shape index (κ3) is 4.02. The lowest BCUT2D eigenvalue weighted by molar-refractivity contribution is 0.102. The summed E-state index contributed by atoms with van der Waals surface area (Å²) in [5, 5.41) is 0. The second kappa shape index (κ2) is 6.22. The summed E-state index contributed by atoms with van der Waals surface area (Å²) in [6.07, 6.45) is 0. The van der Waals surface area contributed by atoms with E-state index >= 15 is 0 Å². The Labute approximate surface area is 125 Å². The number of Topliss-reactive ketones (excluding diaryl/α,β-unsaturated/α-hetero) is 1. The van der Waals surface area contributed by atoms with E-state index in [4.69, 9.17) is 0 Å². The quantitative estimate of drug-likeness (QED) is 0.797. The lowest BCUT2D eigenvalue weighted by Crippen LogP contribution is -2.19. The maximum atomic E-state index is 12.2. The van der Waals surface area contributed by atoms with Crippen LogP contribution in [0, 0.1) is 13.8 Å². The Balaban J connectivity index is 2.17. The first-order chi connectivity index (χ1) is 9.89. The highest BCUT2D eigenvalue weighted by Crippen LogP contribution is 2.14. The highest BCUT2D eigenvalue weighted by atomic mass is 32.2. The van der Waals surface area contributed by atoms with Crippen LogP contribution in [0.15, 0.2) is 48.5 Å². The van der Waals surface area contributed by atoms with Crippen molar-refractivity contribution in [3.63, 3.8) is 0 Å². The highest BCUT2D eigenvalue weighted by Gasteiger charge is 2.20. The van der Waals surface area contributed by atoms with Crippen molar-refractivity contribution in [2.75, 3.05) is 5.75 Å². The second-order valence-electron chi connectivity index (χ2n) is 5.20. The minimum absolute atomic E-state index is 0.0999. The van der Waals surface area contributed by atoms with E-state index in [1.165, 1.54) is 0 Å². The second-order valence-corrected chi connectivity index (χ2v) is 7.26. The van der Waals surface area contributed by atoms with Gasteiger partial charge < -0.3 is 0 Å². The first-order valence-corrected chi connectivity index (χ1v) is 8.55. The van der Waals surface area contributed by atoms with Gasteiger partial charge in [0.15, 0.2) is 15.6 Å². The summed E-state index contributed by atoms with van der Waals surface area (Å²) in [7, 11) is -3.47. The van der Waals surface area contributed by atoms with Gasteiger partial charge in [-0.1, -0.05) is 48.5 Å². The largest absolute Gasteiger partial charge is 0.293 e. The molecule has 2 rings (SSSR count). The smallest absolute Gasteiger partial charge is 0.178 e. The molecule has 0 amide bonds. The Morgan fingerprint density at radius 1 is 0.905 bits per heavy atom. The molecule has 0 heterocycles. The Morgan fingerprint density at radius 3 is 2.10 bits per heavy atom. The molecule has 0 N–H and O–H groups in total. The standard InChI is InChI=1S/C17H18O3S/c1-13-7-3-5-9-15(13)11-21(19,20)12-17(18)16-10-6-4-8-14(16)2/h3-10H,11-12H2,1-2H3. The lowest BCUT2D eigenvalue weighted by atomic mass is 10.1. The van der Waals surface area contributed by atoms with E-state index in [-0.39, 0.29) is 11.5 Å². The summed E-state index contributed by atoms with van der Waals surface area (Å²) in [6.45, 7) is 3.68. The van der Waals surface area contributed by atoms with Crippen molar-refractivity contribution in [1.82, 2.24) is 0 Å².